The molecule has 0 radical (unpaired) electrons. The Morgan fingerprint density at radius 2 is 2.56 bits per heavy atom. The van der Waals surface area contributed by atoms with E-state index < -0.39 is 0 Å². The number of carbonyl (C=O) groups is 1. The monoisotopic (exact) mass is 147 g/mol. The summed E-state index contributed by atoms with van der Waals surface area (Å²) in [6.45, 7) is 0. The Kier molecular flexibility index (Phi) is 1.73. The van der Waals surface area contributed by atoms with Gasteiger partial charge in [0.2, 0.25) is 0 Å². The Balaban J connectivity index is 2.62. The standard InChI is InChI=1S/C5H6ClNO2/c1-9-4-2-3(6)5(8)7-4/h2,4H,1H3,(H,7,8). The summed E-state index contributed by atoms with van der Waals surface area (Å²) >= 11 is 5.41. The molecule has 0 saturated heterocycles. The minimum Gasteiger partial charge on any atom is -0.358 e. The largest absolute Gasteiger partial charge is 0.358 e. The number of halogens is 1. The molecular weight excluding hydrogens is 142 g/mol. The van der Waals surface area contributed by atoms with Crippen LogP contribution in [0.3, 0.4) is 0 Å². The van der Waals surface area contributed by atoms with E-state index in [0.29, 0.717) is 0 Å². The van der Waals surface area contributed by atoms with E-state index in [9.17, 15) is 4.79 Å². The number of ether oxygens (including phenoxy) is 1. The second-order valence-electron chi connectivity index (χ2n) is 1.64. The third-order valence-corrected chi connectivity index (χ3v) is 1.34. The average Bonchev–Trinajstić information content (AvgIpc) is 2.13. The first-order chi connectivity index (χ1) is 4.24. The number of nitrogens with one attached hydrogen (secondary N) is 1. The molecule has 9 heavy (non-hydrogen) atoms. The number of methoxy groups -OCH3 is 1. The number of hydrogen-bond donors (Lipinski definition) is 1. The van der Waals surface area contributed by atoms with Gasteiger partial charge >= 0.3 is 0 Å². The van der Waals surface area contributed by atoms with Crippen molar-refractivity contribution in [2.45, 2.75) is 6.23 Å². The van der Waals surface area contributed by atoms with E-state index in [-0.39, 0.29) is 17.2 Å². The first-order valence-electron chi connectivity index (χ1n) is 2.45. The molecule has 50 valence electrons. The number of hydrogen-bond acceptors (Lipinski definition) is 2. The summed E-state index contributed by atoms with van der Waals surface area (Å²) in [6, 6.07) is 0. The van der Waals surface area contributed by atoms with Crippen molar-refractivity contribution in [1.82, 2.24) is 5.32 Å². The second-order valence-corrected chi connectivity index (χ2v) is 2.05. The third kappa shape index (κ3) is 1.23. The molecule has 1 amide bonds. The van der Waals surface area contributed by atoms with Crippen LogP contribution >= 0.6 is 11.6 Å². The molecule has 0 saturated carbocycles. The van der Waals surface area contributed by atoms with Crippen molar-refractivity contribution in [3.05, 3.63) is 11.1 Å². The average molecular weight is 148 g/mol. The zero-order chi connectivity index (χ0) is 6.85. The molecular formula is C5H6ClNO2. The highest BCUT2D eigenvalue weighted by atomic mass is 35.5. The molecule has 1 unspecified atom stereocenters. The van der Waals surface area contributed by atoms with Crippen LogP contribution in [0, 0.1) is 0 Å². The lowest BCUT2D eigenvalue weighted by Gasteiger charge is -2.03. The van der Waals surface area contributed by atoms with Gasteiger partial charge in [-0.05, 0) is 6.08 Å². The molecule has 1 atom stereocenters. The van der Waals surface area contributed by atoms with E-state index in [1.807, 2.05) is 0 Å². The van der Waals surface area contributed by atoms with E-state index in [2.05, 4.69) is 5.32 Å². The predicted molar refractivity (Wildman–Crippen MR) is 32.9 cm³/mol. The third-order valence-electron chi connectivity index (χ3n) is 1.04. The zero-order valence-electron chi connectivity index (χ0n) is 4.85. The van der Waals surface area contributed by atoms with Crippen LogP contribution in [0.25, 0.3) is 0 Å². The molecule has 1 aliphatic heterocycles. The van der Waals surface area contributed by atoms with Gasteiger partial charge < -0.3 is 10.1 Å². The minimum atomic E-state index is -0.343. The maximum Gasteiger partial charge on any atom is 0.264 e. The van der Waals surface area contributed by atoms with Crippen LogP contribution < -0.4 is 5.32 Å². The summed E-state index contributed by atoms with van der Waals surface area (Å²) in [5.41, 5.74) is 0. The molecule has 1 N–H and O–H groups in total. The highest BCUT2D eigenvalue weighted by Crippen LogP contribution is 2.10. The molecule has 0 spiro atoms. The van der Waals surface area contributed by atoms with Crippen LogP contribution in [0.15, 0.2) is 11.1 Å². The van der Waals surface area contributed by atoms with Gasteiger partial charge in [-0.15, -0.1) is 0 Å². The Labute approximate surface area is 57.6 Å². The van der Waals surface area contributed by atoms with E-state index in [0.717, 1.165) is 0 Å². The lowest BCUT2D eigenvalue weighted by molar-refractivity contribution is -0.118. The van der Waals surface area contributed by atoms with Gasteiger partial charge in [-0.3, -0.25) is 4.79 Å². The van der Waals surface area contributed by atoms with Crippen molar-refractivity contribution in [3.63, 3.8) is 0 Å². The number of amides is 1. The van der Waals surface area contributed by atoms with Gasteiger partial charge in [0.1, 0.15) is 5.03 Å². The number of carbonyl (C=O) groups excluding carboxylic acids is 1. The first-order valence-corrected chi connectivity index (χ1v) is 2.83. The Hall–Kier alpha value is -0.540. The second kappa shape index (κ2) is 2.37. The summed E-state index contributed by atoms with van der Waals surface area (Å²) < 4.78 is 4.76. The molecule has 0 aromatic rings. The SMILES string of the molecule is COC1C=C(Cl)C(=O)N1. The molecule has 0 aromatic heterocycles. The van der Waals surface area contributed by atoms with E-state index in [1.54, 1.807) is 0 Å². The highest BCUT2D eigenvalue weighted by molar-refractivity contribution is 6.42. The van der Waals surface area contributed by atoms with Crippen LogP contribution in [0.4, 0.5) is 0 Å². The summed E-state index contributed by atoms with van der Waals surface area (Å²) in [4.78, 5) is 10.6. The molecule has 3 nitrogen and oxygen atoms in total. The molecule has 0 bridgehead atoms. The van der Waals surface area contributed by atoms with E-state index >= 15 is 0 Å². The van der Waals surface area contributed by atoms with Crippen LogP contribution in [-0.2, 0) is 9.53 Å². The molecule has 0 aromatic carbocycles. The Morgan fingerprint density at radius 3 is 2.78 bits per heavy atom. The van der Waals surface area contributed by atoms with Crippen LogP contribution in [0.2, 0.25) is 0 Å². The fraction of sp³-hybridized carbons (Fsp3) is 0.400. The van der Waals surface area contributed by atoms with Gasteiger partial charge in [-0.25, -0.2) is 0 Å². The number of rotatable bonds is 1. The van der Waals surface area contributed by atoms with Crippen molar-refractivity contribution >= 4 is 17.5 Å². The van der Waals surface area contributed by atoms with Crippen molar-refractivity contribution in [2.24, 2.45) is 0 Å². The van der Waals surface area contributed by atoms with Gasteiger partial charge in [0.05, 0.1) is 0 Å². The smallest absolute Gasteiger partial charge is 0.264 e. The molecule has 1 rings (SSSR count). The van der Waals surface area contributed by atoms with Crippen molar-refractivity contribution in [3.8, 4) is 0 Å². The Morgan fingerprint density at radius 1 is 1.89 bits per heavy atom. The van der Waals surface area contributed by atoms with Gasteiger partial charge in [-0.2, -0.15) is 0 Å². The maximum absolute atomic E-state index is 10.6. The van der Waals surface area contributed by atoms with Crippen LogP contribution in [0.1, 0.15) is 0 Å². The zero-order valence-corrected chi connectivity index (χ0v) is 5.61. The quantitative estimate of drug-likeness (QED) is 0.576. The topological polar surface area (TPSA) is 38.3 Å². The van der Waals surface area contributed by atoms with E-state index in [4.69, 9.17) is 16.3 Å². The predicted octanol–water partition coefficient (Wildman–Crippen LogP) is 0.211. The van der Waals surface area contributed by atoms with Crippen LogP contribution in [-0.4, -0.2) is 19.2 Å². The summed E-state index contributed by atoms with van der Waals surface area (Å²) in [7, 11) is 1.50. The summed E-state index contributed by atoms with van der Waals surface area (Å²) in [6.07, 6.45) is 1.18. The minimum absolute atomic E-state index is 0.196. The normalized spacial score (nSPS) is 25.8. The fourth-order valence-electron chi connectivity index (χ4n) is 0.575. The molecule has 0 fully saturated rings. The molecule has 0 aliphatic carbocycles. The van der Waals surface area contributed by atoms with Gasteiger partial charge in [0.15, 0.2) is 6.23 Å². The lowest BCUT2D eigenvalue weighted by Crippen LogP contribution is -2.27. The van der Waals surface area contributed by atoms with Crippen molar-refractivity contribution in [2.75, 3.05) is 7.11 Å². The van der Waals surface area contributed by atoms with Crippen LogP contribution in [0.5, 0.6) is 0 Å². The highest BCUT2D eigenvalue weighted by Gasteiger charge is 2.19. The van der Waals surface area contributed by atoms with Gasteiger partial charge in [0, 0.05) is 7.11 Å². The fourth-order valence-corrected chi connectivity index (χ4v) is 0.744. The molecule has 1 aliphatic rings. The lowest BCUT2D eigenvalue weighted by atomic mass is 10.5. The van der Waals surface area contributed by atoms with Crippen molar-refractivity contribution in [1.29, 1.82) is 0 Å². The first kappa shape index (κ1) is 6.58. The maximum atomic E-state index is 10.6. The van der Waals surface area contributed by atoms with Crippen molar-refractivity contribution < 1.29 is 9.53 Å². The Bertz CT molecular complexity index is 166. The molecule has 4 heteroatoms. The molecule has 1 heterocycles. The summed E-state index contributed by atoms with van der Waals surface area (Å²) in [5.74, 6) is -0.275. The summed E-state index contributed by atoms with van der Waals surface area (Å²) in [5, 5.41) is 2.66. The van der Waals surface area contributed by atoms with E-state index in [1.165, 1.54) is 13.2 Å². The van der Waals surface area contributed by atoms with Gasteiger partial charge in [0.25, 0.3) is 5.91 Å². The van der Waals surface area contributed by atoms with Gasteiger partial charge in [-0.1, -0.05) is 11.6 Å².